The predicted octanol–water partition coefficient (Wildman–Crippen LogP) is 4.56. The fraction of sp³-hybridized carbons (Fsp3) is 0.294. The number of ether oxygens (including phenoxy) is 1. The van der Waals surface area contributed by atoms with Gasteiger partial charge in [-0.3, -0.25) is 4.72 Å². The molecule has 2 aromatic carbocycles. The molecule has 0 fully saturated rings. The van der Waals surface area contributed by atoms with Crippen molar-refractivity contribution in [3.8, 4) is 5.75 Å². The molecule has 0 radical (unpaired) electrons. The van der Waals surface area contributed by atoms with Gasteiger partial charge in [-0.05, 0) is 47.9 Å². The van der Waals surface area contributed by atoms with Gasteiger partial charge in [0.25, 0.3) is 10.0 Å². The minimum atomic E-state index is -3.65. The smallest absolute Gasteiger partial charge is 0.261 e. The molecule has 23 heavy (non-hydrogen) atoms. The first kappa shape index (κ1) is 17.8. The quantitative estimate of drug-likeness (QED) is 0.822. The Morgan fingerprint density at radius 3 is 2.17 bits per heavy atom. The summed E-state index contributed by atoms with van der Waals surface area (Å²) in [6.45, 7) is 6.05. The van der Waals surface area contributed by atoms with Gasteiger partial charge in [0, 0.05) is 15.7 Å². The molecule has 0 aliphatic carbocycles. The van der Waals surface area contributed by atoms with Gasteiger partial charge in [-0.25, -0.2) is 8.42 Å². The number of nitrogens with one attached hydrogen (secondary N) is 1. The van der Waals surface area contributed by atoms with Gasteiger partial charge < -0.3 is 4.74 Å². The van der Waals surface area contributed by atoms with Crippen molar-refractivity contribution in [2.24, 2.45) is 0 Å². The Morgan fingerprint density at radius 2 is 1.65 bits per heavy atom. The molecule has 0 amide bonds. The van der Waals surface area contributed by atoms with E-state index in [-0.39, 0.29) is 10.3 Å². The molecule has 0 bridgehead atoms. The van der Waals surface area contributed by atoms with Crippen molar-refractivity contribution in [1.82, 2.24) is 0 Å². The summed E-state index contributed by atoms with van der Waals surface area (Å²) in [6, 6.07) is 11.9. The highest BCUT2D eigenvalue weighted by Crippen LogP contribution is 2.33. The average Bonchev–Trinajstić information content (AvgIpc) is 2.48. The van der Waals surface area contributed by atoms with E-state index in [1.807, 2.05) is 20.8 Å². The summed E-state index contributed by atoms with van der Waals surface area (Å²) in [7, 11) is -2.07. The molecule has 0 atom stereocenters. The highest BCUT2D eigenvalue weighted by Gasteiger charge is 2.23. The molecule has 0 aromatic heterocycles. The number of hydrogen-bond acceptors (Lipinski definition) is 3. The van der Waals surface area contributed by atoms with E-state index in [1.165, 1.54) is 0 Å². The Labute approximate surface area is 146 Å². The van der Waals surface area contributed by atoms with Crippen molar-refractivity contribution < 1.29 is 13.2 Å². The minimum Gasteiger partial charge on any atom is -0.496 e. The molecule has 0 saturated heterocycles. The van der Waals surface area contributed by atoms with E-state index < -0.39 is 10.0 Å². The minimum absolute atomic E-state index is 0.214. The zero-order valence-electron chi connectivity index (χ0n) is 13.6. The van der Waals surface area contributed by atoms with Crippen LogP contribution in [0.3, 0.4) is 0 Å². The number of rotatable bonds is 4. The fourth-order valence-corrected chi connectivity index (χ4v) is 3.52. The van der Waals surface area contributed by atoms with E-state index in [9.17, 15) is 8.42 Å². The summed E-state index contributed by atoms with van der Waals surface area (Å²) in [4.78, 5) is 0.214. The van der Waals surface area contributed by atoms with Crippen LogP contribution in [-0.2, 0) is 15.4 Å². The van der Waals surface area contributed by atoms with Crippen LogP contribution in [0.4, 0.5) is 5.69 Å². The van der Waals surface area contributed by atoms with Crippen LogP contribution < -0.4 is 9.46 Å². The summed E-state index contributed by atoms with van der Waals surface area (Å²) in [6.07, 6.45) is 0. The molecular weight excluding hydrogens is 378 g/mol. The molecule has 0 unspecified atom stereocenters. The Bertz CT molecular complexity index is 794. The Balaban J connectivity index is 2.42. The van der Waals surface area contributed by atoms with Crippen LogP contribution in [0.25, 0.3) is 0 Å². The third-order valence-electron chi connectivity index (χ3n) is 3.39. The van der Waals surface area contributed by atoms with E-state index in [0.29, 0.717) is 11.4 Å². The van der Waals surface area contributed by atoms with Crippen molar-refractivity contribution in [2.75, 3.05) is 11.8 Å². The number of benzene rings is 2. The van der Waals surface area contributed by atoms with Crippen molar-refractivity contribution in [3.05, 3.63) is 52.5 Å². The zero-order valence-corrected chi connectivity index (χ0v) is 16.0. The van der Waals surface area contributed by atoms with E-state index in [4.69, 9.17) is 4.74 Å². The van der Waals surface area contributed by atoms with Gasteiger partial charge in [0.15, 0.2) is 0 Å². The summed E-state index contributed by atoms with van der Waals surface area (Å²) in [5.74, 6) is 0.681. The first-order valence-electron chi connectivity index (χ1n) is 7.10. The molecule has 2 rings (SSSR count). The van der Waals surface area contributed by atoms with Crippen LogP contribution in [0.15, 0.2) is 51.8 Å². The molecule has 0 aliphatic rings. The van der Waals surface area contributed by atoms with Crippen LogP contribution in [0.2, 0.25) is 0 Å². The second-order valence-electron chi connectivity index (χ2n) is 6.22. The van der Waals surface area contributed by atoms with Crippen molar-refractivity contribution in [1.29, 1.82) is 0 Å². The second-order valence-corrected chi connectivity index (χ2v) is 8.82. The lowest BCUT2D eigenvalue weighted by Gasteiger charge is -2.23. The Kier molecular flexibility index (Phi) is 5.06. The van der Waals surface area contributed by atoms with Crippen LogP contribution in [0.5, 0.6) is 5.75 Å². The third kappa shape index (κ3) is 4.26. The molecule has 0 spiro atoms. The van der Waals surface area contributed by atoms with Gasteiger partial charge >= 0.3 is 0 Å². The van der Waals surface area contributed by atoms with Gasteiger partial charge in [0.2, 0.25) is 0 Å². The molecule has 1 N–H and O–H groups in total. The predicted molar refractivity (Wildman–Crippen MR) is 96.6 cm³/mol. The first-order chi connectivity index (χ1) is 10.6. The van der Waals surface area contributed by atoms with Gasteiger partial charge in [-0.2, -0.15) is 0 Å². The van der Waals surface area contributed by atoms with Crippen LogP contribution in [-0.4, -0.2) is 15.5 Å². The van der Waals surface area contributed by atoms with Gasteiger partial charge in [-0.1, -0.05) is 36.7 Å². The number of halogens is 1. The van der Waals surface area contributed by atoms with Gasteiger partial charge in [0.05, 0.1) is 12.0 Å². The summed E-state index contributed by atoms with van der Waals surface area (Å²) in [5, 5.41) is 0. The fourth-order valence-electron chi connectivity index (χ4n) is 2.17. The van der Waals surface area contributed by atoms with E-state index in [0.717, 1.165) is 10.0 Å². The summed E-state index contributed by atoms with van der Waals surface area (Å²) in [5.41, 5.74) is 1.13. The molecular formula is C17H20BrNO3S. The maximum Gasteiger partial charge on any atom is 0.261 e. The molecule has 0 heterocycles. The van der Waals surface area contributed by atoms with Gasteiger partial charge in [-0.15, -0.1) is 0 Å². The van der Waals surface area contributed by atoms with E-state index >= 15 is 0 Å². The topological polar surface area (TPSA) is 55.4 Å². The monoisotopic (exact) mass is 397 g/mol. The highest BCUT2D eigenvalue weighted by atomic mass is 79.9. The van der Waals surface area contributed by atoms with E-state index in [2.05, 4.69) is 20.7 Å². The maximum absolute atomic E-state index is 12.6. The van der Waals surface area contributed by atoms with Crippen molar-refractivity contribution in [2.45, 2.75) is 31.1 Å². The SMILES string of the molecule is COc1ccc(S(=O)(=O)Nc2ccc(Br)cc2)cc1C(C)(C)C. The first-order valence-corrected chi connectivity index (χ1v) is 9.38. The van der Waals surface area contributed by atoms with Crippen LogP contribution in [0.1, 0.15) is 26.3 Å². The molecule has 0 saturated carbocycles. The zero-order chi connectivity index (χ0) is 17.3. The number of anilines is 1. The highest BCUT2D eigenvalue weighted by molar-refractivity contribution is 9.10. The molecule has 124 valence electrons. The summed E-state index contributed by atoms with van der Waals surface area (Å²) < 4.78 is 34.0. The van der Waals surface area contributed by atoms with Crippen LogP contribution in [0, 0.1) is 0 Å². The molecule has 2 aromatic rings. The standard InChI is InChI=1S/C17H20BrNO3S/c1-17(2,3)15-11-14(9-10-16(15)22-4)23(20,21)19-13-7-5-12(18)6-8-13/h5-11,19H,1-4H3. The van der Waals surface area contributed by atoms with E-state index in [1.54, 1.807) is 49.6 Å². The van der Waals surface area contributed by atoms with Crippen molar-refractivity contribution >= 4 is 31.6 Å². The third-order valence-corrected chi connectivity index (χ3v) is 5.29. The molecule has 4 nitrogen and oxygen atoms in total. The van der Waals surface area contributed by atoms with Crippen LogP contribution >= 0.6 is 15.9 Å². The number of hydrogen-bond donors (Lipinski definition) is 1. The largest absolute Gasteiger partial charge is 0.496 e. The Hall–Kier alpha value is -1.53. The molecule has 6 heteroatoms. The lowest BCUT2D eigenvalue weighted by atomic mass is 9.86. The number of sulfonamides is 1. The Morgan fingerprint density at radius 1 is 1.04 bits per heavy atom. The number of methoxy groups -OCH3 is 1. The summed E-state index contributed by atoms with van der Waals surface area (Å²) >= 11 is 3.33. The second kappa shape index (κ2) is 6.53. The average molecular weight is 398 g/mol. The van der Waals surface area contributed by atoms with Gasteiger partial charge in [0.1, 0.15) is 5.75 Å². The molecule has 0 aliphatic heterocycles. The normalized spacial score (nSPS) is 12.0. The lowest BCUT2D eigenvalue weighted by Crippen LogP contribution is -2.17. The lowest BCUT2D eigenvalue weighted by molar-refractivity contribution is 0.397. The maximum atomic E-state index is 12.6. The van der Waals surface area contributed by atoms with Crippen molar-refractivity contribution in [3.63, 3.8) is 0 Å².